The van der Waals surface area contributed by atoms with Crippen molar-refractivity contribution in [1.29, 1.82) is 0 Å². The lowest BCUT2D eigenvalue weighted by Gasteiger charge is -2.43. The molecule has 0 amide bonds. The average Bonchev–Trinajstić information content (AvgIpc) is 2.91. The molecule has 0 unspecified atom stereocenters. The highest BCUT2D eigenvalue weighted by Crippen LogP contribution is 2.31. The fourth-order valence-corrected chi connectivity index (χ4v) is 4.45. The van der Waals surface area contributed by atoms with E-state index in [0.717, 1.165) is 16.7 Å². The van der Waals surface area contributed by atoms with E-state index in [1.165, 1.54) is 0 Å². The highest BCUT2D eigenvalue weighted by molar-refractivity contribution is 5.15. The highest BCUT2D eigenvalue weighted by Gasteiger charge is 2.41. The van der Waals surface area contributed by atoms with Gasteiger partial charge < -0.3 is 18.9 Å². The van der Waals surface area contributed by atoms with Crippen molar-refractivity contribution in [2.45, 2.75) is 70.1 Å². The molecule has 0 N–H and O–H groups in total. The zero-order valence-electron chi connectivity index (χ0n) is 20.5. The minimum absolute atomic E-state index is 0.0829. The van der Waals surface area contributed by atoms with Gasteiger partial charge in [-0.2, -0.15) is 0 Å². The van der Waals surface area contributed by atoms with Crippen LogP contribution in [0.5, 0.6) is 0 Å². The van der Waals surface area contributed by atoms with E-state index in [9.17, 15) is 0 Å². The van der Waals surface area contributed by atoms with Crippen molar-refractivity contribution in [3.05, 3.63) is 120 Å². The van der Waals surface area contributed by atoms with Crippen LogP contribution in [0.15, 0.2) is 104 Å². The first-order valence-electron chi connectivity index (χ1n) is 12.5. The van der Waals surface area contributed by atoms with Crippen LogP contribution in [-0.4, -0.2) is 30.5 Å². The topological polar surface area (TPSA) is 36.9 Å². The molecule has 0 radical (unpaired) electrons. The average molecular weight is 473 g/mol. The molecular formula is C31H36O4. The Morgan fingerprint density at radius 1 is 0.800 bits per heavy atom. The second kappa shape index (κ2) is 13.4. The number of benzene rings is 3. The quantitative estimate of drug-likeness (QED) is 0.282. The molecule has 1 fully saturated rings. The number of rotatable bonds is 12. The molecule has 1 aliphatic heterocycles. The fourth-order valence-electron chi connectivity index (χ4n) is 4.45. The Balaban J connectivity index is 1.46. The molecule has 4 nitrogen and oxygen atoms in total. The molecule has 35 heavy (non-hydrogen) atoms. The predicted molar refractivity (Wildman–Crippen MR) is 139 cm³/mol. The Morgan fingerprint density at radius 3 is 1.86 bits per heavy atom. The second-order valence-corrected chi connectivity index (χ2v) is 9.07. The van der Waals surface area contributed by atoms with E-state index in [2.05, 4.69) is 49.9 Å². The Bertz CT molecular complexity index is 992. The van der Waals surface area contributed by atoms with E-state index in [0.29, 0.717) is 32.7 Å². The lowest BCUT2D eigenvalue weighted by molar-refractivity contribution is -0.227. The van der Waals surface area contributed by atoms with Gasteiger partial charge in [0.25, 0.3) is 0 Å². The van der Waals surface area contributed by atoms with E-state index in [4.69, 9.17) is 18.9 Å². The van der Waals surface area contributed by atoms with Crippen molar-refractivity contribution in [2.24, 2.45) is 0 Å². The normalized spacial score (nSPS) is 23.0. The van der Waals surface area contributed by atoms with Gasteiger partial charge in [-0.05, 0) is 30.0 Å². The lowest BCUT2D eigenvalue weighted by atomic mass is 9.93. The number of ether oxygens (including phenoxy) is 4. The zero-order chi connectivity index (χ0) is 24.3. The first-order valence-corrected chi connectivity index (χ1v) is 12.5. The highest BCUT2D eigenvalue weighted by atomic mass is 16.6. The van der Waals surface area contributed by atoms with Crippen LogP contribution in [0.1, 0.15) is 36.5 Å². The Kier molecular flexibility index (Phi) is 9.67. The monoisotopic (exact) mass is 472 g/mol. The van der Waals surface area contributed by atoms with Gasteiger partial charge in [-0.15, -0.1) is 6.58 Å². The molecular weight excluding hydrogens is 436 g/mol. The summed E-state index contributed by atoms with van der Waals surface area (Å²) in [6.07, 6.45) is 2.64. The third kappa shape index (κ3) is 7.61. The van der Waals surface area contributed by atoms with Crippen molar-refractivity contribution in [3.8, 4) is 0 Å². The van der Waals surface area contributed by atoms with Gasteiger partial charge in [0.2, 0.25) is 0 Å². The second-order valence-electron chi connectivity index (χ2n) is 9.07. The molecule has 4 heteroatoms. The maximum absolute atomic E-state index is 6.56. The summed E-state index contributed by atoms with van der Waals surface area (Å²) in [6.45, 7) is 7.64. The standard InChI is InChI=1S/C31H36O4/c1-3-13-28-31(34-23-27-18-11-6-12-19-27)30(33-22-26-16-9-5-10-17-26)20-29(35-28)24(2)32-21-25-14-7-4-8-15-25/h3-12,14-19,24,28-31H,1,13,20-23H2,2H3/t24-,28+,29-,30-,31+/m0/s1. The molecule has 0 spiro atoms. The maximum Gasteiger partial charge on any atom is 0.111 e. The summed E-state index contributed by atoms with van der Waals surface area (Å²) >= 11 is 0. The van der Waals surface area contributed by atoms with E-state index in [-0.39, 0.29) is 30.5 Å². The smallest absolute Gasteiger partial charge is 0.111 e. The van der Waals surface area contributed by atoms with Gasteiger partial charge in [0.1, 0.15) is 6.10 Å². The lowest BCUT2D eigenvalue weighted by Crippen LogP contribution is -2.53. The minimum atomic E-state index is -0.200. The van der Waals surface area contributed by atoms with E-state index in [1.54, 1.807) is 0 Å². The Morgan fingerprint density at radius 2 is 1.31 bits per heavy atom. The van der Waals surface area contributed by atoms with Gasteiger partial charge in [-0.1, -0.05) is 97.1 Å². The van der Waals surface area contributed by atoms with Gasteiger partial charge in [-0.3, -0.25) is 0 Å². The summed E-state index contributed by atoms with van der Waals surface area (Å²) < 4.78 is 25.7. The molecule has 0 aromatic heterocycles. The van der Waals surface area contributed by atoms with Crippen LogP contribution >= 0.6 is 0 Å². The molecule has 0 saturated carbocycles. The SMILES string of the molecule is C=CC[C@H]1O[C@H]([C@H](C)OCc2ccccc2)C[C@H](OCc2ccccc2)[C@@H]1OCc1ccccc1. The molecule has 3 aromatic rings. The Labute approximate surface area is 209 Å². The summed E-state index contributed by atoms with van der Waals surface area (Å²) in [6, 6.07) is 30.7. The van der Waals surface area contributed by atoms with Crippen LogP contribution in [0.4, 0.5) is 0 Å². The van der Waals surface area contributed by atoms with Crippen molar-refractivity contribution >= 4 is 0 Å². The summed E-state index contributed by atoms with van der Waals surface area (Å²) in [7, 11) is 0. The zero-order valence-corrected chi connectivity index (χ0v) is 20.5. The molecule has 0 aliphatic carbocycles. The van der Waals surface area contributed by atoms with Crippen molar-refractivity contribution in [2.75, 3.05) is 0 Å². The predicted octanol–water partition coefficient (Wildman–Crippen LogP) is 6.50. The molecule has 1 heterocycles. The third-order valence-electron chi connectivity index (χ3n) is 6.42. The van der Waals surface area contributed by atoms with Crippen molar-refractivity contribution < 1.29 is 18.9 Å². The molecule has 1 saturated heterocycles. The number of hydrogen-bond donors (Lipinski definition) is 0. The van der Waals surface area contributed by atoms with Crippen LogP contribution in [0.25, 0.3) is 0 Å². The molecule has 0 bridgehead atoms. The molecule has 3 aromatic carbocycles. The first kappa shape index (κ1) is 25.3. The van der Waals surface area contributed by atoms with Crippen LogP contribution in [0, 0.1) is 0 Å². The van der Waals surface area contributed by atoms with Gasteiger partial charge in [0, 0.05) is 6.42 Å². The summed E-state index contributed by atoms with van der Waals surface area (Å²) in [5.41, 5.74) is 3.43. The van der Waals surface area contributed by atoms with Gasteiger partial charge in [0.05, 0.1) is 44.2 Å². The molecule has 5 atom stereocenters. The van der Waals surface area contributed by atoms with E-state index < -0.39 is 0 Å². The number of hydrogen-bond acceptors (Lipinski definition) is 4. The first-order chi connectivity index (χ1) is 17.2. The fraction of sp³-hybridized carbons (Fsp3) is 0.355. The maximum atomic E-state index is 6.56. The van der Waals surface area contributed by atoms with Gasteiger partial charge >= 0.3 is 0 Å². The van der Waals surface area contributed by atoms with E-state index >= 15 is 0 Å². The van der Waals surface area contributed by atoms with Gasteiger partial charge in [-0.25, -0.2) is 0 Å². The molecule has 184 valence electrons. The van der Waals surface area contributed by atoms with Gasteiger partial charge in [0.15, 0.2) is 0 Å². The van der Waals surface area contributed by atoms with Crippen molar-refractivity contribution in [1.82, 2.24) is 0 Å². The minimum Gasteiger partial charge on any atom is -0.371 e. The summed E-state index contributed by atoms with van der Waals surface area (Å²) in [4.78, 5) is 0. The van der Waals surface area contributed by atoms with Crippen LogP contribution in [-0.2, 0) is 38.8 Å². The third-order valence-corrected chi connectivity index (χ3v) is 6.42. The van der Waals surface area contributed by atoms with Crippen LogP contribution < -0.4 is 0 Å². The van der Waals surface area contributed by atoms with Crippen molar-refractivity contribution in [3.63, 3.8) is 0 Å². The Hall–Kier alpha value is -2.76. The summed E-state index contributed by atoms with van der Waals surface area (Å²) in [5, 5.41) is 0. The van der Waals surface area contributed by atoms with Crippen LogP contribution in [0.3, 0.4) is 0 Å². The largest absolute Gasteiger partial charge is 0.371 e. The van der Waals surface area contributed by atoms with Crippen LogP contribution in [0.2, 0.25) is 0 Å². The molecule has 4 rings (SSSR count). The molecule has 1 aliphatic rings. The summed E-state index contributed by atoms with van der Waals surface area (Å²) in [5.74, 6) is 0. The van der Waals surface area contributed by atoms with E-state index in [1.807, 2.05) is 60.7 Å².